The zero-order valence-corrected chi connectivity index (χ0v) is 10.1. The number of hydrogen-bond acceptors (Lipinski definition) is 3. The van der Waals surface area contributed by atoms with Crippen molar-refractivity contribution < 1.29 is 13.6 Å². The van der Waals surface area contributed by atoms with Gasteiger partial charge < -0.3 is 5.32 Å². The molecule has 0 aliphatic heterocycles. The molecule has 4 nitrogen and oxygen atoms in total. The van der Waals surface area contributed by atoms with Crippen LogP contribution in [0, 0.1) is 0 Å². The SMILES string of the molecule is CC(C)c1ncc(Cl)c(C(=O)NCC(F)F)n1. The first-order valence-electron chi connectivity index (χ1n) is 5.00. The van der Waals surface area contributed by atoms with Crippen LogP contribution in [0.25, 0.3) is 0 Å². The Morgan fingerprint density at radius 1 is 1.53 bits per heavy atom. The molecule has 0 atom stereocenters. The summed E-state index contributed by atoms with van der Waals surface area (Å²) in [4.78, 5) is 19.4. The lowest BCUT2D eigenvalue weighted by atomic mass is 10.2. The van der Waals surface area contributed by atoms with E-state index in [0.29, 0.717) is 5.82 Å². The molecule has 0 unspecified atom stereocenters. The first-order chi connectivity index (χ1) is 7.91. The Morgan fingerprint density at radius 3 is 2.71 bits per heavy atom. The Kier molecular flexibility index (Phi) is 4.74. The van der Waals surface area contributed by atoms with Crippen molar-refractivity contribution in [1.29, 1.82) is 0 Å². The molecular formula is C10H12ClF2N3O. The predicted molar refractivity (Wildman–Crippen MR) is 59.5 cm³/mol. The first-order valence-corrected chi connectivity index (χ1v) is 5.38. The fourth-order valence-corrected chi connectivity index (χ4v) is 1.25. The fraction of sp³-hybridized carbons (Fsp3) is 0.500. The van der Waals surface area contributed by atoms with E-state index >= 15 is 0 Å². The fourth-order valence-electron chi connectivity index (χ4n) is 1.07. The van der Waals surface area contributed by atoms with Crippen LogP contribution in [0.3, 0.4) is 0 Å². The van der Waals surface area contributed by atoms with E-state index in [-0.39, 0.29) is 16.6 Å². The van der Waals surface area contributed by atoms with Gasteiger partial charge in [-0.05, 0) is 0 Å². The number of rotatable bonds is 4. The summed E-state index contributed by atoms with van der Waals surface area (Å²) in [5, 5.41) is 2.08. The lowest BCUT2D eigenvalue weighted by Gasteiger charge is -2.08. The minimum atomic E-state index is -2.61. The van der Waals surface area contributed by atoms with E-state index in [1.807, 2.05) is 19.2 Å². The molecule has 0 aromatic carbocycles. The van der Waals surface area contributed by atoms with Gasteiger partial charge in [0.1, 0.15) is 11.5 Å². The monoisotopic (exact) mass is 263 g/mol. The van der Waals surface area contributed by atoms with Crippen molar-refractivity contribution in [3.63, 3.8) is 0 Å². The first kappa shape index (κ1) is 13.8. The number of halogens is 3. The summed E-state index contributed by atoms with van der Waals surface area (Å²) in [6.07, 6.45) is -1.31. The van der Waals surface area contributed by atoms with Gasteiger partial charge in [0.2, 0.25) is 0 Å². The minimum Gasteiger partial charge on any atom is -0.345 e. The van der Waals surface area contributed by atoms with Gasteiger partial charge in [-0.3, -0.25) is 4.79 Å². The second-order valence-corrected chi connectivity index (χ2v) is 4.09. The van der Waals surface area contributed by atoms with Gasteiger partial charge in [0.15, 0.2) is 0 Å². The second kappa shape index (κ2) is 5.86. The molecule has 0 saturated carbocycles. The molecule has 0 aliphatic carbocycles. The van der Waals surface area contributed by atoms with Crippen molar-refractivity contribution in [3.05, 3.63) is 22.7 Å². The highest BCUT2D eigenvalue weighted by molar-refractivity contribution is 6.33. The van der Waals surface area contributed by atoms with Gasteiger partial charge in [-0.2, -0.15) is 0 Å². The molecule has 0 aliphatic rings. The Balaban J connectivity index is 2.88. The van der Waals surface area contributed by atoms with Crippen LogP contribution in [0.1, 0.15) is 36.1 Å². The molecular weight excluding hydrogens is 252 g/mol. The maximum Gasteiger partial charge on any atom is 0.271 e. The number of alkyl halides is 2. The zero-order chi connectivity index (χ0) is 13.0. The van der Waals surface area contributed by atoms with Crippen LogP contribution in [0.2, 0.25) is 5.02 Å². The Morgan fingerprint density at radius 2 is 2.18 bits per heavy atom. The smallest absolute Gasteiger partial charge is 0.271 e. The van der Waals surface area contributed by atoms with Crippen molar-refractivity contribution in [2.75, 3.05) is 6.54 Å². The van der Waals surface area contributed by atoms with E-state index in [4.69, 9.17) is 11.6 Å². The van der Waals surface area contributed by atoms with E-state index in [2.05, 4.69) is 9.97 Å². The highest BCUT2D eigenvalue weighted by atomic mass is 35.5. The molecule has 7 heteroatoms. The maximum absolute atomic E-state index is 11.9. The summed E-state index contributed by atoms with van der Waals surface area (Å²) < 4.78 is 23.9. The Hall–Kier alpha value is -1.30. The summed E-state index contributed by atoms with van der Waals surface area (Å²) in [7, 11) is 0. The summed E-state index contributed by atoms with van der Waals surface area (Å²) >= 11 is 5.74. The van der Waals surface area contributed by atoms with Crippen molar-refractivity contribution in [1.82, 2.24) is 15.3 Å². The van der Waals surface area contributed by atoms with E-state index in [1.54, 1.807) is 0 Å². The number of nitrogens with one attached hydrogen (secondary N) is 1. The summed E-state index contributed by atoms with van der Waals surface area (Å²) in [6, 6.07) is 0. The lowest BCUT2D eigenvalue weighted by Crippen LogP contribution is -2.29. The molecule has 0 bridgehead atoms. The average molecular weight is 264 g/mol. The third-order valence-corrected chi connectivity index (χ3v) is 2.19. The van der Waals surface area contributed by atoms with Gasteiger partial charge in [-0.1, -0.05) is 25.4 Å². The molecule has 0 saturated heterocycles. The van der Waals surface area contributed by atoms with E-state index < -0.39 is 18.9 Å². The topological polar surface area (TPSA) is 54.9 Å². The van der Waals surface area contributed by atoms with Crippen LogP contribution < -0.4 is 5.32 Å². The van der Waals surface area contributed by atoms with Crippen molar-refractivity contribution in [2.24, 2.45) is 0 Å². The molecule has 1 aromatic heterocycles. The molecule has 1 heterocycles. The van der Waals surface area contributed by atoms with Gasteiger partial charge in [0, 0.05) is 5.92 Å². The number of hydrogen-bond donors (Lipinski definition) is 1. The largest absolute Gasteiger partial charge is 0.345 e. The highest BCUT2D eigenvalue weighted by Crippen LogP contribution is 2.16. The van der Waals surface area contributed by atoms with Gasteiger partial charge in [0.25, 0.3) is 12.3 Å². The summed E-state index contributed by atoms with van der Waals surface area (Å²) in [5.74, 6) is -0.259. The summed E-state index contributed by atoms with van der Waals surface area (Å²) in [6.45, 7) is 2.98. The number of carbonyl (C=O) groups excluding carboxylic acids is 1. The molecule has 94 valence electrons. The van der Waals surface area contributed by atoms with Crippen molar-refractivity contribution in [3.8, 4) is 0 Å². The standard InChI is InChI=1S/C10H12ClF2N3O/c1-5(2)9-14-3-6(11)8(16-9)10(17)15-4-7(12)13/h3,5,7H,4H2,1-2H3,(H,15,17). The maximum atomic E-state index is 11.9. The normalized spacial score (nSPS) is 11.0. The van der Waals surface area contributed by atoms with Gasteiger partial charge >= 0.3 is 0 Å². The lowest BCUT2D eigenvalue weighted by molar-refractivity contribution is 0.0886. The average Bonchev–Trinajstić information content (AvgIpc) is 2.26. The molecule has 1 N–H and O–H groups in total. The third-order valence-electron chi connectivity index (χ3n) is 1.91. The molecule has 1 aromatic rings. The van der Waals surface area contributed by atoms with Crippen LogP contribution in [0.4, 0.5) is 8.78 Å². The van der Waals surface area contributed by atoms with Gasteiger partial charge in [-0.25, -0.2) is 18.7 Å². The molecule has 17 heavy (non-hydrogen) atoms. The predicted octanol–water partition coefficient (Wildman–Crippen LogP) is 2.25. The number of aromatic nitrogens is 2. The van der Waals surface area contributed by atoms with Crippen LogP contribution in [-0.4, -0.2) is 28.8 Å². The summed E-state index contributed by atoms with van der Waals surface area (Å²) in [5.41, 5.74) is -0.0778. The van der Waals surface area contributed by atoms with Crippen molar-refractivity contribution >= 4 is 17.5 Å². The van der Waals surface area contributed by atoms with E-state index in [1.165, 1.54) is 6.20 Å². The third kappa shape index (κ3) is 3.89. The quantitative estimate of drug-likeness (QED) is 0.906. The van der Waals surface area contributed by atoms with Gasteiger partial charge in [0.05, 0.1) is 17.8 Å². The number of nitrogens with zero attached hydrogens (tertiary/aromatic N) is 2. The minimum absolute atomic E-state index is 0.0221. The Labute approximate surface area is 102 Å². The van der Waals surface area contributed by atoms with E-state index in [0.717, 1.165) is 0 Å². The number of carbonyl (C=O) groups is 1. The van der Waals surface area contributed by atoms with Gasteiger partial charge in [-0.15, -0.1) is 0 Å². The molecule has 0 spiro atoms. The zero-order valence-electron chi connectivity index (χ0n) is 9.38. The van der Waals surface area contributed by atoms with Crippen LogP contribution in [-0.2, 0) is 0 Å². The van der Waals surface area contributed by atoms with Crippen molar-refractivity contribution in [2.45, 2.75) is 26.2 Å². The molecule has 0 fully saturated rings. The molecule has 1 amide bonds. The van der Waals surface area contributed by atoms with Crippen LogP contribution in [0.5, 0.6) is 0 Å². The Bertz CT molecular complexity index is 413. The molecule has 1 rings (SSSR count). The van der Waals surface area contributed by atoms with Crippen LogP contribution in [0.15, 0.2) is 6.20 Å². The van der Waals surface area contributed by atoms with E-state index in [9.17, 15) is 13.6 Å². The van der Waals surface area contributed by atoms with Crippen LogP contribution >= 0.6 is 11.6 Å². The highest BCUT2D eigenvalue weighted by Gasteiger charge is 2.16. The number of amides is 1. The second-order valence-electron chi connectivity index (χ2n) is 3.68. The molecule has 0 radical (unpaired) electrons.